The van der Waals surface area contributed by atoms with Gasteiger partial charge in [0.25, 0.3) is 0 Å². The van der Waals surface area contributed by atoms with Crippen LogP contribution >= 0.6 is 0 Å². The van der Waals surface area contributed by atoms with Gasteiger partial charge in [0.05, 0.1) is 6.10 Å². The fourth-order valence-electron chi connectivity index (χ4n) is 10.6. The Morgan fingerprint density at radius 3 is 2.28 bits per heavy atom. The van der Waals surface area contributed by atoms with E-state index >= 15 is 0 Å². The van der Waals surface area contributed by atoms with Gasteiger partial charge in [0.15, 0.2) is 0 Å². The molecule has 0 aromatic heterocycles. The normalized spacial score (nSPS) is 56.1. The molecule has 2 heteroatoms. The van der Waals surface area contributed by atoms with Crippen molar-refractivity contribution in [2.45, 2.75) is 98.5 Å². The predicted molar refractivity (Wildman–Crippen MR) is 117 cm³/mol. The summed E-state index contributed by atoms with van der Waals surface area (Å²) >= 11 is 0. The molecule has 0 radical (unpaired) electrons. The van der Waals surface area contributed by atoms with Crippen LogP contribution in [-0.4, -0.2) is 17.5 Å². The topological polar surface area (TPSA) is 37.3 Å². The highest BCUT2D eigenvalue weighted by Gasteiger charge is 2.82. The minimum atomic E-state index is -0.113. The van der Waals surface area contributed by atoms with Crippen molar-refractivity contribution < 1.29 is 9.90 Å². The number of rotatable bonds is 3. The van der Waals surface area contributed by atoms with E-state index in [9.17, 15) is 9.90 Å². The summed E-state index contributed by atoms with van der Waals surface area (Å²) in [6.07, 6.45) is 16.6. The summed E-state index contributed by atoms with van der Waals surface area (Å²) in [4.78, 5) is 10.9. The molecule has 0 heterocycles. The van der Waals surface area contributed by atoms with Gasteiger partial charge in [0.2, 0.25) is 0 Å². The molecule has 2 spiro atoms. The summed E-state index contributed by atoms with van der Waals surface area (Å²) in [7, 11) is 0. The molecule has 0 amide bonds. The summed E-state index contributed by atoms with van der Waals surface area (Å²) < 4.78 is 0. The SMILES string of the molecule is CC(C=CC=O)C1CCC2(C)C3CCC4C(C)(C)C(O)CCC45CC35CCC12C. The number of fused-ring (bicyclic) bond motifs is 2. The second-order valence-electron chi connectivity index (χ2n) is 12.9. The second kappa shape index (κ2) is 5.99. The number of aliphatic hydroxyl groups excluding tert-OH is 1. The number of hydrogen-bond acceptors (Lipinski definition) is 2. The maximum Gasteiger partial charge on any atom is 0.142 e. The monoisotopic (exact) mass is 398 g/mol. The highest BCUT2D eigenvalue weighted by atomic mass is 16.3. The zero-order valence-corrected chi connectivity index (χ0v) is 19.3. The molecule has 5 fully saturated rings. The van der Waals surface area contributed by atoms with Crippen LogP contribution in [0.4, 0.5) is 0 Å². The van der Waals surface area contributed by atoms with Crippen LogP contribution < -0.4 is 0 Å². The first-order chi connectivity index (χ1) is 13.6. The molecule has 5 aliphatic rings. The van der Waals surface area contributed by atoms with Gasteiger partial charge in [-0.2, -0.15) is 0 Å². The molecule has 0 aromatic rings. The van der Waals surface area contributed by atoms with Crippen LogP contribution in [-0.2, 0) is 4.79 Å². The van der Waals surface area contributed by atoms with E-state index in [0.717, 1.165) is 24.5 Å². The van der Waals surface area contributed by atoms with Crippen LogP contribution in [0.5, 0.6) is 0 Å². The van der Waals surface area contributed by atoms with Crippen LogP contribution in [0.3, 0.4) is 0 Å². The Labute approximate surface area is 177 Å². The predicted octanol–water partition coefficient (Wildman–Crippen LogP) is 6.18. The van der Waals surface area contributed by atoms with Gasteiger partial charge in [-0.3, -0.25) is 4.79 Å². The van der Waals surface area contributed by atoms with Gasteiger partial charge in [-0.1, -0.05) is 40.7 Å². The van der Waals surface area contributed by atoms with Gasteiger partial charge in [0.1, 0.15) is 6.29 Å². The Hall–Kier alpha value is -0.630. The fourth-order valence-corrected chi connectivity index (χ4v) is 10.6. The summed E-state index contributed by atoms with van der Waals surface area (Å²) in [6.45, 7) is 12.3. The van der Waals surface area contributed by atoms with Crippen LogP contribution in [0.1, 0.15) is 92.4 Å². The van der Waals surface area contributed by atoms with Crippen LogP contribution in [0.25, 0.3) is 0 Å². The minimum Gasteiger partial charge on any atom is -0.393 e. The molecule has 2 nitrogen and oxygen atoms in total. The Morgan fingerprint density at radius 1 is 0.862 bits per heavy atom. The van der Waals surface area contributed by atoms with E-state index in [1.165, 1.54) is 51.4 Å². The molecule has 29 heavy (non-hydrogen) atoms. The number of carbonyl (C=O) groups is 1. The molecular formula is C27H42O2. The number of carbonyl (C=O) groups excluding carboxylic acids is 1. The maximum atomic E-state index is 10.9. The summed E-state index contributed by atoms with van der Waals surface area (Å²) in [5.74, 6) is 2.78. The zero-order chi connectivity index (χ0) is 20.9. The van der Waals surface area contributed by atoms with E-state index in [1.807, 2.05) is 0 Å². The van der Waals surface area contributed by atoms with E-state index < -0.39 is 0 Å². The Balaban J connectivity index is 1.48. The maximum absolute atomic E-state index is 10.9. The molecule has 9 atom stereocenters. The zero-order valence-electron chi connectivity index (χ0n) is 19.3. The molecule has 5 aliphatic carbocycles. The van der Waals surface area contributed by atoms with Crippen molar-refractivity contribution in [1.82, 2.24) is 0 Å². The molecule has 162 valence electrons. The van der Waals surface area contributed by atoms with Gasteiger partial charge in [-0.15, -0.1) is 0 Å². The van der Waals surface area contributed by atoms with Gasteiger partial charge in [-0.05, 0) is 115 Å². The van der Waals surface area contributed by atoms with E-state index in [4.69, 9.17) is 0 Å². The quantitative estimate of drug-likeness (QED) is 0.455. The summed E-state index contributed by atoms with van der Waals surface area (Å²) in [5.41, 5.74) is 2.02. The van der Waals surface area contributed by atoms with Gasteiger partial charge >= 0.3 is 0 Å². The average molecular weight is 399 g/mol. The molecule has 1 N–H and O–H groups in total. The third-order valence-electron chi connectivity index (χ3n) is 12.3. The molecule has 0 bridgehead atoms. The number of hydrogen-bond donors (Lipinski definition) is 1. The number of aldehydes is 1. The summed E-state index contributed by atoms with van der Waals surface area (Å²) in [6, 6.07) is 0. The first-order valence-electron chi connectivity index (χ1n) is 12.4. The van der Waals surface area contributed by atoms with E-state index in [2.05, 4.69) is 40.7 Å². The van der Waals surface area contributed by atoms with E-state index in [0.29, 0.717) is 33.5 Å². The third kappa shape index (κ3) is 2.21. The molecule has 0 aliphatic heterocycles. The average Bonchev–Trinajstić information content (AvgIpc) is 3.26. The van der Waals surface area contributed by atoms with Crippen molar-refractivity contribution in [1.29, 1.82) is 0 Å². The molecule has 9 unspecified atom stereocenters. The fraction of sp³-hybridized carbons (Fsp3) is 0.889. The van der Waals surface area contributed by atoms with Crippen molar-refractivity contribution in [2.24, 2.45) is 50.7 Å². The van der Waals surface area contributed by atoms with Crippen molar-refractivity contribution in [3.8, 4) is 0 Å². The van der Waals surface area contributed by atoms with Gasteiger partial charge < -0.3 is 5.11 Å². The Bertz CT molecular complexity index is 739. The third-order valence-corrected chi connectivity index (χ3v) is 12.3. The lowest BCUT2D eigenvalue weighted by Crippen LogP contribution is -2.57. The number of aliphatic hydroxyl groups is 1. The Morgan fingerprint density at radius 2 is 1.55 bits per heavy atom. The highest BCUT2D eigenvalue weighted by molar-refractivity contribution is 5.64. The van der Waals surface area contributed by atoms with Crippen molar-refractivity contribution in [2.75, 3.05) is 0 Å². The van der Waals surface area contributed by atoms with Gasteiger partial charge in [-0.25, -0.2) is 0 Å². The largest absolute Gasteiger partial charge is 0.393 e. The molecule has 0 saturated heterocycles. The van der Waals surface area contributed by atoms with Crippen molar-refractivity contribution >= 4 is 6.29 Å². The molecule has 5 rings (SSSR count). The van der Waals surface area contributed by atoms with E-state index in [1.54, 1.807) is 6.08 Å². The lowest BCUT2D eigenvalue weighted by atomic mass is 9.42. The first-order valence-corrected chi connectivity index (χ1v) is 12.4. The van der Waals surface area contributed by atoms with Crippen molar-refractivity contribution in [3.05, 3.63) is 12.2 Å². The second-order valence-corrected chi connectivity index (χ2v) is 12.9. The summed E-state index contributed by atoms with van der Waals surface area (Å²) in [5, 5.41) is 10.8. The van der Waals surface area contributed by atoms with Crippen molar-refractivity contribution in [3.63, 3.8) is 0 Å². The van der Waals surface area contributed by atoms with Crippen LogP contribution in [0, 0.1) is 50.7 Å². The number of allylic oxidation sites excluding steroid dienone is 2. The molecule has 5 saturated carbocycles. The highest BCUT2D eigenvalue weighted by Crippen LogP contribution is 2.89. The minimum absolute atomic E-state index is 0.0841. The van der Waals surface area contributed by atoms with Crippen LogP contribution in [0.2, 0.25) is 0 Å². The smallest absolute Gasteiger partial charge is 0.142 e. The van der Waals surface area contributed by atoms with Gasteiger partial charge in [0, 0.05) is 0 Å². The lowest BCUT2D eigenvalue weighted by Gasteiger charge is -2.63. The van der Waals surface area contributed by atoms with Crippen LogP contribution in [0.15, 0.2) is 12.2 Å². The Kier molecular flexibility index (Phi) is 4.19. The molecular weight excluding hydrogens is 356 g/mol. The lowest BCUT2D eigenvalue weighted by molar-refractivity contribution is -0.160. The van der Waals surface area contributed by atoms with E-state index in [-0.39, 0.29) is 11.5 Å². The first kappa shape index (κ1) is 20.3. The molecule has 0 aromatic carbocycles. The standard InChI is InChI=1S/C27H42O2/c1-18(7-6-16-28)19-10-12-25(5)21-9-8-20-23(2,3)22(29)11-13-26(20)17-27(21,26)15-14-24(19,25)4/h6-7,16,18-22,29H,8-15,17H2,1-5H3.